The van der Waals surface area contributed by atoms with Crippen LogP contribution in [0.4, 0.5) is 9.39 Å². The van der Waals surface area contributed by atoms with Crippen LogP contribution in [-0.2, 0) is 6.54 Å². The minimum atomic E-state index is -1.31. The number of aromatic nitrogens is 2. The molecule has 0 radical (unpaired) electrons. The Bertz CT molecular complexity index is 1130. The number of nitrogens with one attached hydrogen (secondary N) is 1. The Morgan fingerprint density at radius 3 is 2.53 bits per heavy atom. The summed E-state index contributed by atoms with van der Waals surface area (Å²) in [4.78, 5) is 36.7. The van der Waals surface area contributed by atoms with Gasteiger partial charge < -0.3 is 15.3 Å². The second kappa shape index (κ2) is 9.51. The summed E-state index contributed by atoms with van der Waals surface area (Å²) in [5, 5.41) is 12.3. The Balaban J connectivity index is 1.47. The largest absolute Gasteiger partial charge is 0.476 e. The maximum atomic E-state index is 14.0. The van der Waals surface area contributed by atoms with Gasteiger partial charge in [-0.3, -0.25) is 14.7 Å². The van der Waals surface area contributed by atoms with Crippen LogP contribution in [0.1, 0.15) is 26.4 Å². The molecule has 1 fully saturated rings. The lowest BCUT2D eigenvalue weighted by molar-refractivity contribution is 0.0692. The van der Waals surface area contributed by atoms with Crippen molar-refractivity contribution in [1.29, 1.82) is 0 Å². The van der Waals surface area contributed by atoms with Crippen molar-refractivity contribution in [3.8, 4) is 10.6 Å². The van der Waals surface area contributed by atoms with E-state index >= 15 is 0 Å². The van der Waals surface area contributed by atoms with Gasteiger partial charge in [0, 0.05) is 50.0 Å². The smallest absolute Gasteiger partial charge is 0.357 e. The fraction of sp³-hybridized carbons (Fsp3) is 0.273. The first-order valence-corrected chi connectivity index (χ1v) is 10.9. The summed E-state index contributed by atoms with van der Waals surface area (Å²) in [6.45, 7) is 4.89. The lowest BCUT2D eigenvalue weighted by Gasteiger charge is -2.32. The van der Waals surface area contributed by atoms with Crippen molar-refractivity contribution < 1.29 is 19.1 Å². The van der Waals surface area contributed by atoms with Gasteiger partial charge in [-0.15, -0.1) is 0 Å². The summed E-state index contributed by atoms with van der Waals surface area (Å²) in [6, 6.07) is 8.63. The lowest BCUT2D eigenvalue weighted by Crippen LogP contribution is -2.43. The zero-order chi connectivity index (χ0) is 22.7. The van der Waals surface area contributed by atoms with E-state index in [0.29, 0.717) is 5.56 Å². The second-order valence-corrected chi connectivity index (χ2v) is 8.59. The van der Waals surface area contributed by atoms with E-state index in [-0.39, 0.29) is 21.3 Å². The predicted molar refractivity (Wildman–Crippen MR) is 119 cm³/mol. The summed E-state index contributed by atoms with van der Waals surface area (Å²) < 4.78 is 14.0. The van der Waals surface area contributed by atoms with Gasteiger partial charge in [-0.05, 0) is 30.8 Å². The van der Waals surface area contributed by atoms with Gasteiger partial charge in [0.2, 0.25) is 0 Å². The lowest BCUT2D eigenvalue weighted by atomic mass is 10.1. The highest BCUT2D eigenvalue weighted by atomic mass is 32.1. The quantitative estimate of drug-likeness (QED) is 0.589. The van der Waals surface area contributed by atoms with Crippen molar-refractivity contribution in [2.75, 3.05) is 38.5 Å². The van der Waals surface area contributed by atoms with E-state index in [9.17, 15) is 19.1 Å². The number of carboxylic acids is 1. The molecular formula is C22H22FN5O3S. The Morgan fingerprint density at radius 2 is 1.88 bits per heavy atom. The first kappa shape index (κ1) is 22.0. The van der Waals surface area contributed by atoms with Gasteiger partial charge in [-0.25, -0.2) is 14.2 Å². The Morgan fingerprint density at radius 1 is 1.16 bits per heavy atom. The number of anilines is 1. The number of nitrogens with zero attached hydrogens (tertiary/aromatic N) is 4. The normalized spacial score (nSPS) is 14.9. The molecule has 0 spiro atoms. The molecule has 32 heavy (non-hydrogen) atoms. The minimum absolute atomic E-state index is 0.0511. The molecule has 1 aromatic carbocycles. The molecule has 0 unspecified atom stereocenters. The number of likely N-dealkylation sites (N-methyl/N-ethyl adjacent to an activating group) is 1. The molecule has 0 saturated carbocycles. The molecule has 1 aliphatic rings. The number of carboxylic acid groups (broad SMARTS) is 1. The second-order valence-electron chi connectivity index (χ2n) is 7.59. The van der Waals surface area contributed by atoms with Crippen LogP contribution in [0.25, 0.3) is 10.6 Å². The molecule has 3 heterocycles. The maximum Gasteiger partial charge on any atom is 0.357 e. The van der Waals surface area contributed by atoms with Gasteiger partial charge in [0.1, 0.15) is 10.0 Å². The standard InChI is InChI=1S/C22H22FN5O3S/c1-27-8-10-28(11-9-27)13-14-2-4-15(5-3-14)19(29)26-21-18(22(30)31)25-20(32-21)16-6-7-24-12-17(16)23/h2-7,12H,8-11,13H2,1H3,(H,26,29)(H,30,31). The number of carbonyl (C=O) groups excluding carboxylic acids is 1. The summed E-state index contributed by atoms with van der Waals surface area (Å²) >= 11 is 0.902. The average molecular weight is 456 g/mol. The van der Waals surface area contributed by atoms with Crippen molar-refractivity contribution in [3.63, 3.8) is 0 Å². The minimum Gasteiger partial charge on any atom is -0.476 e. The van der Waals surface area contributed by atoms with E-state index in [1.165, 1.54) is 12.3 Å². The third-order valence-corrected chi connectivity index (χ3v) is 6.28. The van der Waals surface area contributed by atoms with Gasteiger partial charge in [0.15, 0.2) is 11.5 Å². The third-order valence-electron chi connectivity index (χ3n) is 5.28. The number of hydrogen-bond donors (Lipinski definition) is 2. The molecule has 10 heteroatoms. The topological polar surface area (TPSA) is 98.7 Å². The number of benzene rings is 1. The number of thiazole rings is 1. The van der Waals surface area contributed by atoms with E-state index in [2.05, 4.69) is 32.1 Å². The molecule has 0 atom stereocenters. The summed E-state index contributed by atoms with van der Waals surface area (Å²) in [5.74, 6) is -2.38. The van der Waals surface area contributed by atoms with Crippen LogP contribution in [-0.4, -0.2) is 70.0 Å². The number of halogens is 1. The number of carbonyl (C=O) groups is 2. The van der Waals surface area contributed by atoms with E-state index in [4.69, 9.17) is 0 Å². The molecule has 0 aliphatic carbocycles. The van der Waals surface area contributed by atoms with Crippen LogP contribution >= 0.6 is 11.3 Å². The molecule has 3 aromatic rings. The van der Waals surface area contributed by atoms with Crippen LogP contribution in [0, 0.1) is 5.82 Å². The monoisotopic (exact) mass is 455 g/mol. The third kappa shape index (κ3) is 4.98. The number of piperazine rings is 1. The number of pyridine rings is 1. The Labute approximate surface area is 188 Å². The van der Waals surface area contributed by atoms with Gasteiger partial charge in [-0.2, -0.15) is 0 Å². The van der Waals surface area contributed by atoms with E-state index in [1.807, 2.05) is 12.1 Å². The number of rotatable bonds is 6. The van der Waals surface area contributed by atoms with Crippen molar-refractivity contribution >= 4 is 28.2 Å². The average Bonchev–Trinajstić information content (AvgIpc) is 3.20. The van der Waals surface area contributed by atoms with Crippen molar-refractivity contribution in [2.24, 2.45) is 0 Å². The molecular weight excluding hydrogens is 433 g/mol. The first-order valence-electron chi connectivity index (χ1n) is 10.1. The SMILES string of the molecule is CN1CCN(Cc2ccc(C(=O)Nc3sc(-c4ccncc4F)nc3C(=O)O)cc2)CC1. The van der Waals surface area contributed by atoms with Crippen molar-refractivity contribution in [3.05, 3.63) is 65.4 Å². The number of amides is 1. The summed E-state index contributed by atoms with van der Waals surface area (Å²) in [7, 11) is 2.11. The summed E-state index contributed by atoms with van der Waals surface area (Å²) in [6.07, 6.45) is 2.42. The van der Waals surface area contributed by atoms with E-state index < -0.39 is 17.7 Å². The molecule has 2 aromatic heterocycles. The molecule has 166 valence electrons. The van der Waals surface area contributed by atoms with E-state index in [1.54, 1.807) is 12.1 Å². The van der Waals surface area contributed by atoms with Gasteiger partial charge in [0.25, 0.3) is 5.91 Å². The maximum absolute atomic E-state index is 14.0. The molecule has 4 rings (SSSR count). The molecule has 1 aliphatic heterocycles. The zero-order valence-electron chi connectivity index (χ0n) is 17.4. The molecule has 8 nitrogen and oxygen atoms in total. The fourth-order valence-corrected chi connectivity index (χ4v) is 4.39. The Hall–Kier alpha value is -3.21. The molecule has 0 bridgehead atoms. The van der Waals surface area contributed by atoms with Crippen LogP contribution in [0.15, 0.2) is 42.7 Å². The van der Waals surface area contributed by atoms with E-state index in [0.717, 1.165) is 55.8 Å². The zero-order valence-corrected chi connectivity index (χ0v) is 18.2. The number of hydrogen-bond acceptors (Lipinski definition) is 7. The highest BCUT2D eigenvalue weighted by Gasteiger charge is 2.22. The number of aromatic carboxylic acids is 1. The highest BCUT2D eigenvalue weighted by molar-refractivity contribution is 7.19. The van der Waals surface area contributed by atoms with Crippen LogP contribution < -0.4 is 5.32 Å². The first-order chi connectivity index (χ1) is 15.4. The van der Waals surface area contributed by atoms with Gasteiger partial charge in [0.05, 0.1) is 6.20 Å². The fourth-order valence-electron chi connectivity index (χ4n) is 3.41. The van der Waals surface area contributed by atoms with Crippen molar-refractivity contribution in [1.82, 2.24) is 19.8 Å². The molecule has 1 saturated heterocycles. The molecule has 1 amide bonds. The van der Waals surface area contributed by atoms with Gasteiger partial charge in [-0.1, -0.05) is 23.5 Å². The van der Waals surface area contributed by atoms with Crippen LogP contribution in [0.2, 0.25) is 0 Å². The highest BCUT2D eigenvalue weighted by Crippen LogP contribution is 2.33. The van der Waals surface area contributed by atoms with Gasteiger partial charge >= 0.3 is 5.97 Å². The van der Waals surface area contributed by atoms with Crippen LogP contribution in [0.3, 0.4) is 0 Å². The predicted octanol–water partition coefficient (Wildman–Crippen LogP) is 3.04. The molecule has 2 N–H and O–H groups in total. The van der Waals surface area contributed by atoms with Crippen molar-refractivity contribution in [2.45, 2.75) is 6.54 Å². The van der Waals surface area contributed by atoms with Crippen LogP contribution in [0.5, 0.6) is 0 Å². The Kier molecular flexibility index (Phi) is 6.54. The summed E-state index contributed by atoms with van der Waals surface area (Å²) in [5.41, 5.74) is 1.29.